The molecule has 0 aliphatic carbocycles. The van der Waals surface area contributed by atoms with E-state index in [2.05, 4.69) is 9.97 Å². The van der Waals surface area contributed by atoms with E-state index in [4.69, 9.17) is 0 Å². The maximum Gasteiger partial charge on any atom is 0.135 e. The van der Waals surface area contributed by atoms with Gasteiger partial charge in [-0.2, -0.15) is 0 Å². The fourth-order valence-electron chi connectivity index (χ4n) is 1.95. The molecule has 0 saturated carbocycles. The lowest BCUT2D eigenvalue weighted by molar-refractivity contribution is 0.585. The lowest BCUT2D eigenvalue weighted by Crippen LogP contribution is -1.90. The van der Waals surface area contributed by atoms with E-state index in [1.807, 2.05) is 24.4 Å². The summed E-state index contributed by atoms with van der Waals surface area (Å²) in [7, 11) is 0. The molecule has 0 atom stereocenters. The molecule has 0 fully saturated rings. The van der Waals surface area contributed by atoms with Gasteiger partial charge in [0.25, 0.3) is 0 Å². The van der Waals surface area contributed by atoms with Crippen molar-refractivity contribution in [2.45, 2.75) is 0 Å². The van der Waals surface area contributed by atoms with Gasteiger partial charge in [0.2, 0.25) is 0 Å². The molecule has 0 radical (unpaired) electrons. The molecule has 0 amide bonds. The molecule has 0 aliphatic rings. The van der Waals surface area contributed by atoms with Crippen molar-refractivity contribution in [3.05, 3.63) is 66.5 Å². The van der Waals surface area contributed by atoms with Crippen LogP contribution in [0.3, 0.4) is 0 Å². The number of pyridine rings is 1. The van der Waals surface area contributed by atoms with Gasteiger partial charge in [-0.25, -0.2) is 8.78 Å². The Morgan fingerprint density at radius 3 is 2.63 bits per heavy atom. The first-order chi connectivity index (χ1) is 9.24. The van der Waals surface area contributed by atoms with Crippen LogP contribution in [0.2, 0.25) is 0 Å². The molecule has 0 saturated heterocycles. The summed E-state index contributed by atoms with van der Waals surface area (Å²) in [5.41, 5.74) is 2.59. The summed E-state index contributed by atoms with van der Waals surface area (Å²) in [6.07, 6.45) is 3.42. The van der Waals surface area contributed by atoms with Crippen LogP contribution < -0.4 is 0 Å². The van der Waals surface area contributed by atoms with E-state index in [0.717, 1.165) is 17.3 Å². The molecular formula is C15H10F2N2. The smallest absolute Gasteiger partial charge is 0.135 e. The average molecular weight is 256 g/mol. The van der Waals surface area contributed by atoms with Crippen molar-refractivity contribution >= 4 is 0 Å². The number of hydrogen-bond acceptors (Lipinski definition) is 1. The minimum absolute atomic E-state index is 0.287. The number of nitrogens with zero attached hydrogens (tertiary/aromatic N) is 1. The molecule has 1 N–H and O–H groups in total. The zero-order valence-electron chi connectivity index (χ0n) is 9.90. The number of H-pyrrole nitrogens is 1. The van der Waals surface area contributed by atoms with Gasteiger partial charge in [-0.15, -0.1) is 0 Å². The number of hydrogen-bond donors (Lipinski definition) is 1. The Balaban J connectivity index is 2.08. The van der Waals surface area contributed by atoms with Crippen molar-refractivity contribution in [3.8, 4) is 22.5 Å². The van der Waals surface area contributed by atoms with Gasteiger partial charge in [-0.1, -0.05) is 0 Å². The Kier molecular flexibility index (Phi) is 2.83. The van der Waals surface area contributed by atoms with Crippen molar-refractivity contribution in [2.75, 3.05) is 0 Å². The molecule has 3 rings (SSSR count). The van der Waals surface area contributed by atoms with Crippen LogP contribution in [0.1, 0.15) is 0 Å². The molecule has 2 nitrogen and oxygen atoms in total. The summed E-state index contributed by atoms with van der Waals surface area (Å²) < 4.78 is 26.6. The summed E-state index contributed by atoms with van der Waals surface area (Å²) in [6.45, 7) is 0. The summed E-state index contributed by atoms with van der Waals surface area (Å²) in [4.78, 5) is 7.21. The monoisotopic (exact) mass is 256 g/mol. The van der Waals surface area contributed by atoms with E-state index in [9.17, 15) is 8.78 Å². The largest absolute Gasteiger partial charge is 0.361 e. The lowest BCUT2D eigenvalue weighted by atomic mass is 10.1. The zero-order valence-corrected chi connectivity index (χ0v) is 9.90. The molecule has 0 spiro atoms. The van der Waals surface area contributed by atoms with Crippen molar-refractivity contribution in [2.24, 2.45) is 0 Å². The number of nitrogens with one attached hydrogen (secondary N) is 1. The Morgan fingerprint density at radius 1 is 1.00 bits per heavy atom. The third-order valence-electron chi connectivity index (χ3n) is 2.88. The molecule has 0 aliphatic heterocycles. The van der Waals surface area contributed by atoms with E-state index in [0.29, 0.717) is 5.69 Å². The highest BCUT2D eigenvalue weighted by atomic mass is 19.1. The molecule has 19 heavy (non-hydrogen) atoms. The van der Waals surface area contributed by atoms with Crippen LogP contribution >= 0.6 is 0 Å². The minimum atomic E-state index is -0.615. The molecule has 4 heteroatoms. The highest BCUT2D eigenvalue weighted by Crippen LogP contribution is 2.25. The first-order valence-electron chi connectivity index (χ1n) is 5.79. The van der Waals surface area contributed by atoms with E-state index in [-0.39, 0.29) is 5.56 Å². The number of halogens is 2. The van der Waals surface area contributed by atoms with Crippen molar-refractivity contribution in [1.29, 1.82) is 0 Å². The lowest BCUT2D eigenvalue weighted by Gasteiger charge is -2.05. The Hall–Kier alpha value is -2.49. The van der Waals surface area contributed by atoms with Gasteiger partial charge >= 0.3 is 0 Å². The summed E-state index contributed by atoms with van der Waals surface area (Å²) in [5, 5.41) is 0. The van der Waals surface area contributed by atoms with Gasteiger partial charge in [0, 0.05) is 35.3 Å². The van der Waals surface area contributed by atoms with Gasteiger partial charge < -0.3 is 4.98 Å². The van der Waals surface area contributed by atoms with E-state index in [1.165, 1.54) is 12.1 Å². The molecule has 3 aromatic rings. The van der Waals surface area contributed by atoms with Crippen molar-refractivity contribution < 1.29 is 8.78 Å². The second-order valence-corrected chi connectivity index (χ2v) is 4.14. The van der Waals surface area contributed by atoms with E-state index < -0.39 is 11.6 Å². The Morgan fingerprint density at radius 2 is 1.89 bits per heavy atom. The summed E-state index contributed by atoms with van der Waals surface area (Å²) >= 11 is 0. The molecule has 1 aromatic carbocycles. The predicted octanol–water partition coefficient (Wildman–Crippen LogP) is 4.02. The second kappa shape index (κ2) is 4.65. The number of rotatable bonds is 2. The minimum Gasteiger partial charge on any atom is -0.361 e. The Bertz CT molecular complexity index is 706. The highest BCUT2D eigenvalue weighted by Gasteiger charge is 2.09. The number of benzene rings is 1. The van der Waals surface area contributed by atoms with Gasteiger partial charge in [0.15, 0.2) is 0 Å². The van der Waals surface area contributed by atoms with Crippen LogP contribution in [-0.2, 0) is 0 Å². The first-order valence-corrected chi connectivity index (χ1v) is 5.79. The van der Waals surface area contributed by atoms with Crippen LogP contribution in [0, 0.1) is 11.6 Å². The fraction of sp³-hybridized carbons (Fsp3) is 0. The predicted molar refractivity (Wildman–Crippen MR) is 69.4 cm³/mol. The number of aromatic nitrogens is 2. The van der Waals surface area contributed by atoms with Crippen molar-refractivity contribution in [1.82, 2.24) is 9.97 Å². The van der Waals surface area contributed by atoms with Gasteiger partial charge in [0.1, 0.15) is 11.6 Å². The molecule has 2 heterocycles. The normalized spacial score (nSPS) is 10.6. The van der Waals surface area contributed by atoms with E-state index in [1.54, 1.807) is 12.3 Å². The van der Waals surface area contributed by atoms with Crippen LogP contribution in [0.5, 0.6) is 0 Å². The highest BCUT2D eigenvalue weighted by molar-refractivity contribution is 5.68. The molecule has 0 unspecified atom stereocenters. The maximum absolute atomic E-state index is 13.7. The third kappa shape index (κ3) is 2.25. The van der Waals surface area contributed by atoms with Crippen molar-refractivity contribution in [3.63, 3.8) is 0 Å². The van der Waals surface area contributed by atoms with Crippen LogP contribution in [0.25, 0.3) is 22.5 Å². The van der Waals surface area contributed by atoms with Crippen LogP contribution in [-0.4, -0.2) is 9.97 Å². The van der Waals surface area contributed by atoms with E-state index >= 15 is 0 Å². The topological polar surface area (TPSA) is 28.7 Å². The molecular weight excluding hydrogens is 246 g/mol. The molecule has 94 valence electrons. The van der Waals surface area contributed by atoms with Gasteiger partial charge in [0.05, 0.1) is 5.69 Å². The van der Waals surface area contributed by atoms with Crippen LogP contribution in [0.15, 0.2) is 54.9 Å². The number of aromatic amines is 1. The third-order valence-corrected chi connectivity index (χ3v) is 2.88. The summed E-state index contributed by atoms with van der Waals surface area (Å²) in [5.74, 6) is -1.21. The Labute approximate surface area is 108 Å². The fourth-order valence-corrected chi connectivity index (χ4v) is 1.95. The first kappa shape index (κ1) is 11.6. The second-order valence-electron chi connectivity index (χ2n) is 4.14. The van der Waals surface area contributed by atoms with Gasteiger partial charge in [-0.05, 0) is 36.4 Å². The standard InChI is InChI=1S/C15H10F2N2/c16-11-3-4-12(13(17)9-11)15-8-10(5-7-19-15)14-2-1-6-18-14/h1-9,18H. The SMILES string of the molecule is Fc1ccc(-c2cc(-c3ccc[nH]3)ccn2)c(F)c1. The summed E-state index contributed by atoms with van der Waals surface area (Å²) in [6, 6.07) is 10.9. The zero-order chi connectivity index (χ0) is 13.2. The quantitative estimate of drug-likeness (QED) is 0.737. The van der Waals surface area contributed by atoms with Gasteiger partial charge in [-0.3, -0.25) is 4.98 Å². The molecule has 2 aromatic heterocycles. The molecule has 0 bridgehead atoms. The van der Waals surface area contributed by atoms with Crippen LogP contribution in [0.4, 0.5) is 8.78 Å². The average Bonchev–Trinajstić information content (AvgIpc) is 2.93. The maximum atomic E-state index is 13.7.